The summed E-state index contributed by atoms with van der Waals surface area (Å²) in [5.41, 5.74) is 0.221. The topological polar surface area (TPSA) is 73.9 Å². The summed E-state index contributed by atoms with van der Waals surface area (Å²) in [4.78, 5) is 23.6. The number of esters is 1. The maximum atomic E-state index is 12.1. The monoisotopic (exact) mass is 383 g/mol. The van der Waals surface area contributed by atoms with E-state index in [1.54, 1.807) is 30.3 Å². The molecule has 0 aliphatic heterocycles. The second kappa shape index (κ2) is 8.93. The highest BCUT2D eigenvalue weighted by atomic mass is 19.4. The lowest BCUT2D eigenvalue weighted by Gasteiger charge is -2.14. The van der Waals surface area contributed by atoms with E-state index in [1.165, 1.54) is 19.1 Å². The molecule has 0 radical (unpaired) electrons. The average molecular weight is 383 g/mol. The Labute approximate surface area is 152 Å². The van der Waals surface area contributed by atoms with Gasteiger partial charge >= 0.3 is 12.3 Å². The van der Waals surface area contributed by atoms with Gasteiger partial charge in [0.05, 0.1) is 0 Å². The normalized spacial score (nSPS) is 12.0. The number of hydrogen-bond acceptors (Lipinski definition) is 5. The highest BCUT2D eigenvalue weighted by molar-refractivity contribution is 5.93. The first-order chi connectivity index (χ1) is 12.7. The molecular formula is C18H16F3NO5. The van der Waals surface area contributed by atoms with Gasteiger partial charge in [-0.1, -0.05) is 18.2 Å². The number of carbonyl (C=O) groups excluding carboxylic acids is 2. The van der Waals surface area contributed by atoms with Crippen LogP contribution in [-0.4, -0.2) is 30.9 Å². The first-order valence-electron chi connectivity index (χ1n) is 7.77. The Morgan fingerprint density at radius 1 is 1.00 bits per heavy atom. The van der Waals surface area contributed by atoms with Gasteiger partial charge in [0, 0.05) is 5.69 Å². The van der Waals surface area contributed by atoms with Crippen LogP contribution in [0.15, 0.2) is 54.6 Å². The number of nitrogens with one attached hydrogen (secondary N) is 1. The van der Waals surface area contributed by atoms with Gasteiger partial charge in [-0.2, -0.15) is 0 Å². The number of hydrogen-bond donors (Lipinski definition) is 1. The van der Waals surface area contributed by atoms with Crippen molar-refractivity contribution >= 4 is 17.6 Å². The van der Waals surface area contributed by atoms with E-state index in [9.17, 15) is 22.8 Å². The molecule has 144 valence electrons. The van der Waals surface area contributed by atoms with Crippen molar-refractivity contribution in [2.45, 2.75) is 19.4 Å². The fourth-order valence-electron chi connectivity index (χ4n) is 1.94. The molecule has 6 nitrogen and oxygen atoms in total. The number of anilines is 1. The van der Waals surface area contributed by atoms with Gasteiger partial charge in [0.1, 0.15) is 11.5 Å². The zero-order valence-electron chi connectivity index (χ0n) is 14.2. The van der Waals surface area contributed by atoms with Crippen molar-refractivity contribution in [3.63, 3.8) is 0 Å². The molecule has 2 rings (SSSR count). The summed E-state index contributed by atoms with van der Waals surface area (Å²) in [5.74, 6) is -1.32. The van der Waals surface area contributed by atoms with E-state index >= 15 is 0 Å². The van der Waals surface area contributed by atoms with Crippen molar-refractivity contribution in [3.05, 3.63) is 54.6 Å². The van der Waals surface area contributed by atoms with E-state index in [0.29, 0.717) is 5.75 Å². The maximum Gasteiger partial charge on any atom is 0.573 e. The molecule has 0 bridgehead atoms. The molecule has 1 amide bonds. The molecule has 0 aromatic heterocycles. The van der Waals surface area contributed by atoms with Crippen LogP contribution in [0.4, 0.5) is 18.9 Å². The lowest BCUT2D eigenvalue weighted by Crippen LogP contribution is -2.29. The fourth-order valence-corrected chi connectivity index (χ4v) is 1.94. The smallest absolute Gasteiger partial charge is 0.479 e. The lowest BCUT2D eigenvalue weighted by molar-refractivity contribution is -0.274. The molecule has 0 aliphatic carbocycles. The summed E-state index contributed by atoms with van der Waals surface area (Å²) in [6.45, 7) is 0.911. The van der Waals surface area contributed by atoms with Crippen LogP contribution in [0.2, 0.25) is 0 Å². The standard InChI is InChI=1S/C18H16F3NO5/c1-12(26-14-5-3-2-4-6-14)17(24)25-11-16(23)22-13-7-9-15(10-8-13)27-18(19,20)21/h2-10,12H,11H2,1H3,(H,22,23). The lowest BCUT2D eigenvalue weighted by atomic mass is 10.3. The molecule has 0 saturated heterocycles. The molecule has 0 aliphatic rings. The first-order valence-corrected chi connectivity index (χ1v) is 7.77. The number of ether oxygens (including phenoxy) is 3. The fraction of sp³-hybridized carbons (Fsp3) is 0.222. The van der Waals surface area contributed by atoms with Crippen LogP contribution in [-0.2, 0) is 14.3 Å². The predicted molar refractivity (Wildman–Crippen MR) is 89.2 cm³/mol. The maximum absolute atomic E-state index is 12.1. The molecule has 0 fully saturated rings. The van der Waals surface area contributed by atoms with Crippen molar-refractivity contribution in [2.24, 2.45) is 0 Å². The molecule has 9 heteroatoms. The minimum Gasteiger partial charge on any atom is -0.479 e. The molecule has 1 atom stereocenters. The number of para-hydroxylation sites is 1. The van der Waals surface area contributed by atoms with Gasteiger partial charge in [0.15, 0.2) is 12.7 Å². The summed E-state index contributed by atoms with van der Waals surface area (Å²) in [5, 5.41) is 2.38. The van der Waals surface area contributed by atoms with Gasteiger partial charge in [0.25, 0.3) is 5.91 Å². The van der Waals surface area contributed by atoms with E-state index in [-0.39, 0.29) is 5.69 Å². The van der Waals surface area contributed by atoms with E-state index in [1.807, 2.05) is 0 Å². The Morgan fingerprint density at radius 2 is 1.63 bits per heavy atom. The Balaban J connectivity index is 1.77. The van der Waals surface area contributed by atoms with E-state index in [0.717, 1.165) is 12.1 Å². The molecule has 2 aromatic rings. The van der Waals surface area contributed by atoms with Gasteiger partial charge in [-0.05, 0) is 43.3 Å². The van der Waals surface area contributed by atoms with E-state index < -0.39 is 36.7 Å². The second-order valence-electron chi connectivity index (χ2n) is 5.30. The number of halogens is 3. The first kappa shape index (κ1) is 20.1. The number of alkyl halides is 3. The molecule has 2 aromatic carbocycles. The molecule has 1 N–H and O–H groups in total. The van der Waals surface area contributed by atoms with Gasteiger partial charge in [-0.3, -0.25) is 4.79 Å². The Hall–Kier alpha value is -3.23. The third-order valence-corrected chi connectivity index (χ3v) is 3.11. The highest BCUT2D eigenvalue weighted by Crippen LogP contribution is 2.23. The summed E-state index contributed by atoms with van der Waals surface area (Å²) >= 11 is 0. The van der Waals surface area contributed by atoms with Crippen molar-refractivity contribution in [1.82, 2.24) is 0 Å². The molecule has 0 heterocycles. The third-order valence-electron chi connectivity index (χ3n) is 3.11. The number of benzene rings is 2. The van der Waals surface area contributed by atoms with Crippen LogP contribution < -0.4 is 14.8 Å². The number of amides is 1. The minimum absolute atomic E-state index is 0.221. The van der Waals surface area contributed by atoms with Crippen molar-refractivity contribution in [2.75, 3.05) is 11.9 Å². The SMILES string of the molecule is CC(Oc1ccccc1)C(=O)OCC(=O)Nc1ccc(OC(F)(F)F)cc1. The summed E-state index contributed by atoms with van der Waals surface area (Å²) in [7, 11) is 0. The van der Waals surface area contributed by atoms with Gasteiger partial charge in [-0.25, -0.2) is 4.79 Å². The van der Waals surface area contributed by atoms with Crippen LogP contribution in [0, 0.1) is 0 Å². The number of rotatable bonds is 7. The zero-order chi connectivity index (χ0) is 19.9. The summed E-state index contributed by atoms with van der Waals surface area (Å²) in [6.07, 6.45) is -5.71. The number of carbonyl (C=O) groups is 2. The van der Waals surface area contributed by atoms with Crippen LogP contribution in [0.3, 0.4) is 0 Å². The minimum atomic E-state index is -4.79. The van der Waals surface area contributed by atoms with Crippen LogP contribution in [0.1, 0.15) is 6.92 Å². The zero-order valence-corrected chi connectivity index (χ0v) is 14.2. The summed E-state index contributed by atoms with van der Waals surface area (Å²) in [6, 6.07) is 13.2. The molecule has 0 saturated carbocycles. The van der Waals surface area contributed by atoms with Gasteiger partial charge in [-0.15, -0.1) is 13.2 Å². The van der Waals surface area contributed by atoms with Crippen LogP contribution in [0.5, 0.6) is 11.5 Å². The Morgan fingerprint density at radius 3 is 2.22 bits per heavy atom. The van der Waals surface area contributed by atoms with Crippen LogP contribution in [0.25, 0.3) is 0 Å². The van der Waals surface area contributed by atoms with Crippen LogP contribution >= 0.6 is 0 Å². The predicted octanol–water partition coefficient (Wildman–Crippen LogP) is 3.53. The van der Waals surface area contributed by atoms with Gasteiger partial charge in [0.2, 0.25) is 0 Å². The average Bonchev–Trinajstić information content (AvgIpc) is 2.61. The Kier molecular flexibility index (Phi) is 6.64. The van der Waals surface area contributed by atoms with E-state index in [2.05, 4.69) is 10.1 Å². The van der Waals surface area contributed by atoms with Crippen molar-refractivity contribution in [1.29, 1.82) is 0 Å². The quantitative estimate of drug-likeness (QED) is 0.741. The molecule has 0 spiro atoms. The molecular weight excluding hydrogens is 367 g/mol. The van der Waals surface area contributed by atoms with Crippen molar-refractivity contribution < 1.29 is 37.0 Å². The largest absolute Gasteiger partial charge is 0.573 e. The van der Waals surface area contributed by atoms with Crippen molar-refractivity contribution in [3.8, 4) is 11.5 Å². The van der Waals surface area contributed by atoms with E-state index in [4.69, 9.17) is 9.47 Å². The highest BCUT2D eigenvalue weighted by Gasteiger charge is 2.31. The second-order valence-corrected chi connectivity index (χ2v) is 5.30. The van der Waals surface area contributed by atoms with Gasteiger partial charge < -0.3 is 19.5 Å². The third kappa shape index (κ3) is 7.27. The molecule has 1 unspecified atom stereocenters. The summed E-state index contributed by atoms with van der Waals surface area (Å²) < 4.78 is 50.2. The Bertz CT molecular complexity index is 763. The molecule has 27 heavy (non-hydrogen) atoms.